The Morgan fingerprint density at radius 2 is 1.67 bits per heavy atom. The van der Waals surface area contributed by atoms with Gasteiger partial charge < -0.3 is 5.11 Å². The average Bonchev–Trinajstić information content (AvgIpc) is 2.41. The van der Waals surface area contributed by atoms with E-state index in [1.54, 1.807) is 13.8 Å². The topological polar surface area (TPSA) is 74.7 Å². The number of aliphatic hydroxyl groups is 1. The van der Waals surface area contributed by atoms with E-state index in [9.17, 15) is 19.5 Å². The first-order valence-corrected chi connectivity index (χ1v) is 5.83. The van der Waals surface area contributed by atoms with Crippen LogP contribution >= 0.6 is 0 Å². The number of nitrogens with zero attached hydrogens (tertiary/aromatic N) is 1. The summed E-state index contributed by atoms with van der Waals surface area (Å²) in [7, 11) is 0. The van der Waals surface area contributed by atoms with E-state index in [0.717, 1.165) is 4.90 Å². The summed E-state index contributed by atoms with van der Waals surface area (Å²) < 4.78 is 0. The lowest BCUT2D eigenvalue weighted by Gasteiger charge is -2.39. The Morgan fingerprint density at radius 1 is 1.22 bits per heavy atom. The summed E-state index contributed by atoms with van der Waals surface area (Å²) in [6, 6.07) is 0. The second kappa shape index (κ2) is 4.65. The van der Waals surface area contributed by atoms with Crippen LogP contribution in [0.5, 0.6) is 0 Å². The SMILES string of the molecule is CC(=O)CC(C)(O)CC(C)(C)N1C(=O)C=CC1=O. The van der Waals surface area contributed by atoms with Crippen LogP contribution in [-0.4, -0.2) is 38.7 Å². The van der Waals surface area contributed by atoms with Crippen LogP contribution in [0.2, 0.25) is 0 Å². The third-order valence-corrected chi connectivity index (χ3v) is 2.86. The van der Waals surface area contributed by atoms with Gasteiger partial charge in [0, 0.05) is 24.1 Å². The number of carbonyl (C=O) groups is 3. The maximum atomic E-state index is 11.6. The quantitative estimate of drug-likeness (QED) is 0.736. The Hall–Kier alpha value is -1.49. The van der Waals surface area contributed by atoms with Crippen LogP contribution in [0.15, 0.2) is 12.2 Å². The van der Waals surface area contributed by atoms with Gasteiger partial charge in [0.05, 0.1) is 5.60 Å². The maximum absolute atomic E-state index is 11.6. The van der Waals surface area contributed by atoms with Crippen molar-refractivity contribution in [3.63, 3.8) is 0 Å². The van der Waals surface area contributed by atoms with Crippen molar-refractivity contribution < 1.29 is 19.5 Å². The fraction of sp³-hybridized carbons (Fsp3) is 0.615. The highest BCUT2D eigenvalue weighted by molar-refractivity contribution is 6.13. The molecular weight excluding hydrogens is 234 g/mol. The fourth-order valence-electron chi connectivity index (χ4n) is 2.61. The summed E-state index contributed by atoms with van der Waals surface area (Å²) in [6.45, 7) is 6.33. The molecule has 5 nitrogen and oxygen atoms in total. The minimum absolute atomic E-state index is 0.0000789. The Bertz CT molecular complexity index is 403. The van der Waals surface area contributed by atoms with E-state index in [1.807, 2.05) is 0 Å². The van der Waals surface area contributed by atoms with E-state index in [4.69, 9.17) is 0 Å². The van der Waals surface area contributed by atoms with Crippen molar-refractivity contribution in [2.24, 2.45) is 0 Å². The lowest BCUT2D eigenvalue weighted by Crippen LogP contribution is -2.52. The number of carbonyl (C=O) groups excluding carboxylic acids is 3. The molecule has 0 fully saturated rings. The molecule has 1 atom stereocenters. The van der Waals surface area contributed by atoms with Crippen molar-refractivity contribution >= 4 is 17.6 Å². The summed E-state index contributed by atoms with van der Waals surface area (Å²) in [4.78, 5) is 35.4. The average molecular weight is 253 g/mol. The Kier molecular flexibility index (Phi) is 3.76. The first-order chi connectivity index (χ1) is 8.05. The molecule has 0 bridgehead atoms. The van der Waals surface area contributed by atoms with Gasteiger partial charge in [-0.05, 0) is 34.1 Å². The fourth-order valence-corrected chi connectivity index (χ4v) is 2.61. The molecule has 0 aliphatic carbocycles. The summed E-state index contributed by atoms with van der Waals surface area (Å²) in [5.41, 5.74) is -2.07. The van der Waals surface area contributed by atoms with Crippen molar-refractivity contribution in [2.45, 2.75) is 51.7 Å². The van der Waals surface area contributed by atoms with Crippen LogP contribution in [0.4, 0.5) is 0 Å². The molecule has 0 aromatic heterocycles. The zero-order valence-electron chi connectivity index (χ0n) is 11.2. The van der Waals surface area contributed by atoms with Crippen LogP contribution < -0.4 is 0 Å². The van der Waals surface area contributed by atoms with Gasteiger partial charge in [-0.15, -0.1) is 0 Å². The maximum Gasteiger partial charge on any atom is 0.254 e. The van der Waals surface area contributed by atoms with E-state index in [-0.39, 0.29) is 30.4 Å². The molecule has 1 unspecified atom stereocenters. The first kappa shape index (κ1) is 14.6. The second-order valence-corrected chi connectivity index (χ2v) is 5.71. The van der Waals surface area contributed by atoms with E-state index in [0.29, 0.717) is 0 Å². The molecule has 100 valence electrons. The minimum Gasteiger partial charge on any atom is -0.390 e. The molecular formula is C13H19NO4. The van der Waals surface area contributed by atoms with Gasteiger partial charge in [-0.3, -0.25) is 19.3 Å². The van der Waals surface area contributed by atoms with Gasteiger partial charge in [0.2, 0.25) is 0 Å². The molecule has 0 radical (unpaired) electrons. The standard InChI is InChI=1S/C13H19NO4/c1-9(15)7-13(4,18)8-12(2,3)14-10(16)5-6-11(14)17/h5-6,18H,7-8H2,1-4H3. The molecule has 18 heavy (non-hydrogen) atoms. The minimum atomic E-state index is -1.24. The van der Waals surface area contributed by atoms with Gasteiger partial charge >= 0.3 is 0 Å². The highest BCUT2D eigenvalue weighted by atomic mass is 16.3. The van der Waals surface area contributed by atoms with Gasteiger partial charge in [0.1, 0.15) is 5.78 Å². The van der Waals surface area contributed by atoms with Crippen LogP contribution in [-0.2, 0) is 14.4 Å². The molecule has 5 heteroatoms. The number of ketones is 1. The van der Waals surface area contributed by atoms with Gasteiger partial charge in [-0.2, -0.15) is 0 Å². The predicted octanol–water partition coefficient (Wildman–Crippen LogP) is 0.810. The second-order valence-electron chi connectivity index (χ2n) is 5.71. The molecule has 1 rings (SSSR count). The molecule has 2 amide bonds. The van der Waals surface area contributed by atoms with Gasteiger partial charge in [-0.1, -0.05) is 0 Å². The van der Waals surface area contributed by atoms with Crippen LogP contribution in [0.25, 0.3) is 0 Å². The molecule has 1 aliphatic heterocycles. The number of Topliss-reactive ketones (excluding diaryl/α,β-unsaturated/α-hetero) is 1. The third-order valence-electron chi connectivity index (χ3n) is 2.86. The summed E-state index contributed by atoms with van der Waals surface area (Å²) in [5.74, 6) is -0.903. The zero-order valence-corrected chi connectivity index (χ0v) is 11.2. The molecule has 0 aromatic carbocycles. The van der Waals surface area contributed by atoms with Gasteiger partial charge in [0.25, 0.3) is 11.8 Å². The predicted molar refractivity (Wildman–Crippen MR) is 65.6 cm³/mol. The lowest BCUT2D eigenvalue weighted by molar-refractivity contribution is -0.145. The normalized spacial score (nSPS) is 19.3. The van der Waals surface area contributed by atoms with Crippen molar-refractivity contribution in [2.75, 3.05) is 0 Å². The van der Waals surface area contributed by atoms with E-state index in [1.165, 1.54) is 26.0 Å². The highest BCUT2D eigenvalue weighted by Crippen LogP contribution is 2.30. The molecule has 1 aliphatic rings. The van der Waals surface area contributed by atoms with E-state index < -0.39 is 11.1 Å². The van der Waals surface area contributed by atoms with Crippen LogP contribution in [0.3, 0.4) is 0 Å². The highest BCUT2D eigenvalue weighted by Gasteiger charge is 2.41. The molecule has 0 saturated carbocycles. The molecule has 0 aromatic rings. The molecule has 1 heterocycles. The smallest absolute Gasteiger partial charge is 0.254 e. The van der Waals surface area contributed by atoms with Crippen LogP contribution in [0.1, 0.15) is 40.5 Å². The van der Waals surface area contributed by atoms with Crippen LogP contribution in [0, 0.1) is 0 Å². The number of rotatable bonds is 5. The number of hydrogen-bond acceptors (Lipinski definition) is 4. The largest absolute Gasteiger partial charge is 0.390 e. The van der Waals surface area contributed by atoms with Crippen molar-refractivity contribution in [1.82, 2.24) is 4.90 Å². The molecule has 0 spiro atoms. The third kappa shape index (κ3) is 3.26. The summed E-state index contributed by atoms with van der Waals surface area (Å²) in [5, 5.41) is 10.2. The zero-order chi connectivity index (χ0) is 14.1. The number of imide groups is 1. The summed E-state index contributed by atoms with van der Waals surface area (Å²) in [6.07, 6.45) is 2.58. The van der Waals surface area contributed by atoms with E-state index >= 15 is 0 Å². The summed E-state index contributed by atoms with van der Waals surface area (Å²) >= 11 is 0. The van der Waals surface area contributed by atoms with Gasteiger partial charge in [-0.25, -0.2) is 0 Å². The molecule has 1 N–H and O–H groups in total. The lowest BCUT2D eigenvalue weighted by atomic mass is 9.84. The Labute approximate surface area is 106 Å². The Balaban J connectivity index is 2.85. The van der Waals surface area contributed by atoms with Gasteiger partial charge in [0.15, 0.2) is 0 Å². The number of amides is 2. The first-order valence-electron chi connectivity index (χ1n) is 5.83. The molecule has 0 saturated heterocycles. The van der Waals surface area contributed by atoms with Crippen molar-refractivity contribution in [1.29, 1.82) is 0 Å². The monoisotopic (exact) mass is 253 g/mol. The van der Waals surface area contributed by atoms with E-state index in [2.05, 4.69) is 0 Å². The number of hydrogen-bond donors (Lipinski definition) is 1. The van der Waals surface area contributed by atoms with Crippen molar-refractivity contribution in [3.05, 3.63) is 12.2 Å². The van der Waals surface area contributed by atoms with Crippen molar-refractivity contribution in [3.8, 4) is 0 Å². The Morgan fingerprint density at radius 3 is 2.06 bits per heavy atom.